The number of nitrogens with one attached hydrogen (secondary N) is 1. The van der Waals surface area contributed by atoms with E-state index >= 15 is 0 Å². The average Bonchev–Trinajstić information content (AvgIpc) is 2.16. The first-order valence-corrected chi connectivity index (χ1v) is 5.10. The number of hydrogen-bond acceptors (Lipinski definition) is 3. The van der Waals surface area contributed by atoms with Crippen LogP contribution < -0.4 is 5.56 Å². The Hall–Kier alpha value is -0.560. The maximum absolute atomic E-state index is 11.4. The van der Waals surface area contributed by atoms with Crippen molar-refractivity contribution in [2.24, 2.45) is 0 Å². The highest BCUT2D eigenvalue weighted by Gasteiger charge is 2.16. The number of hydrogen-bond donors (Lipinski definition) is 1. The molecule has 0 unspecified atom stereocenters. The van der Waals surface area contributed by atoms with Crippen LogP contribution in [-0.4, -0.2) is 11.0 Å². The maximum atomic E-state index is 11.4. The molecule has 76 valence electrons. The Balaban J connectivity index is 3.33. The number of aromatic amines is 1. The van der Waals surface area contributed by atoms with Crippen LogP contribution in [0.2, 0.25) is 5.02 Å². The van der Waals surface area contributed by atoms with Crippen molar-refractivity contribution >= 4 is 40.6 Å². The molecule has 14 heavy (non-hydrogen) atoms. The molecule has 6 heteroatoms. The topological polar surface area (TPSA) is 59.2 Å². The molecule has 1 N–H and O–H groups in total. The molecule has 1 rings (SSSR count). The molecule has 0 saturated carbocycles. The zero-order valence-electron chi connectivity index (χ0n) is 7.27. The number of carbonyl (C=O) groups is 1. The van der Waals surface area contributed by atoms with Gasteiger partial charge in [-0.25, -0.2) is 4.79 Å². The van der Waals surface area contributed by atoms with E-state index in [0.717, 1.165) is 0 Å². The van der Waals surface area contributed by atoms with E-state index in [9.17, 15) is 9.59 Å². The van der Waals surface area contributed by atoms with Gasteiger partial charge in [0.15, 0.2) is 23.0 Å². The average molecular weight is 328 g/mol. The Morgan fingerprint density at radius 3 is 2.79 bits per heavy atom. The van der Waals surface area contributed by atoms with Gasteiger partial charge in [0.2, 0.25) is 0 Å². The number of carbonyl (C=O) groups excluding carboxylic acids is 1. The minimum atomic E-state index is -0.737. The number of pyridine rings is 1. The first-order chi connectivity index (χ1) is 6.60. The minimum Gasteiger partial charge on any atom is -0.391 e. The molecule has 0 saturated heterocycles. The predicted molar refractivity (Wildman–Crippen MR) is 60.9 cm³/mol. The Morgan fingerprint density at radius 1 is 1.71 bits per heavy atom. The van der Waals surface area contributed by atoms with E-state index in [2.05, 4.69) is 8.05 Å². The van der Waals surface area contributed by atoms with E-state index in [-0.39, 0.29) is 10.6 Å². The number of aromatic nitrogens is 1. The molecule has 1 aromatic heterocycles. The predicted octanol–water partition coefficient (Wildman–Crippen LogP) is 2.10. The highest BCUT2D eigenvalue weighted by molar-refractivity contribution is 14.1. The van der Waals surface area contributed by atoms with Gasteiger partial charge >= 0.3 is 5.97 Å². The third kappa shape index (κ3) is 2.27. The van der Waals surface area contributed by atoms with Crippen molar-refractivity contribution in [3.8, 4) is 0 Å². The van der Waals surface area contributed by atoms with Crippen LogP contribution in [0.5, 0.6) is 0 Å². The van der Waals surface area contributed by atoms with Gasteiger partial charge < -0.3 is 8.05 Å². The second kappa shape index (κ2) is 4.79. The van der Waals surface area contributed by atoms with Crippen molar-refractivity contribution in [1.82, 2.24) is 4.98 Å². The lowest BCUT2D eigenvalue weighted by molar-refractivity contribution is 0.0798. The van der Waals surface area contributed by atoms with E-state index in [1.807, 2.05) is 6.92 Å². The van der Waals surface area contributed by atoms with Crippen LogP contribution in [0.1, 0.15) is 23.0 Å². The quantitative estimate of drug-likeness (QED) is 0.846. The fourth-order valence-corrected chi connectivity index (χ4v) is 1.51. The lowest BCUT2D eigenvalue weighted by atomic mass is 10.2. The fourth-order valence-electron chi connectivity index (χ4n) is 0.997. The first kappa shape index (κ1) is 11.5. The highest BCUT2D eigenvalue weighted by Crippen LogP contribution is 2.14. The van der Waals surface area contributed by atoms with Crippen LogP contribution in [0.4, 0.5) is 0 Å². The van der Waals surface area contributed by atoms with E-state index in [1.54, 1.807) is 6.07 Å². The first-order valence-electron chi connectivity index (χ1n) is 3.84. The lowest BCUT2D eigenvalue weighted by Gasteiger charge is -2.02. The van der Waals surface area contributed by atoms with E-state index in [0.29, 0.717) is 12.1 Å². The van der Waals surface area contributed by atoms with Crippen LogP contribution in [0, 0.1) is 0 Å². The Morgan fingerprint density at radius 2 is 2.36 bits per heavy atom. The van der Waals surface area contributed by atoms with Gasteiger partial charge in [0, 0.05) is 5.69 Å². The number of H-pyrrole nitrogens is 1. The zero-order chi connectivity index (χ0) is 10.7. The van der Waals surface area contributed by atoms with Gasteiger partial charge in [-0.15, -0.1) is 0 Å². The standard InChI is InChI=1S/C8H7ClINO3/c1-2-4-3-5(9)6(7(12)11-4)8(13)14-10/h3H,2H2,1H3,(H,11,12). The Labute approximate surface area is 99.3 Å². The van der Waals surface area contributed by atoms with Gasteiger partial charge in [0.25, 0.3) is 5.56 Å². The van der Waals surface area contributed by atoms with Crippen LogP contribution in [0.15, 0.2) is 10.9 Å². The summed E-state index contributed by atoms with van der Waals surface area (Å²) in [4.78, 5) is 25.0. The summed E-state index contributed by atoms with van der Waals surface area (Å²) in [5, 5.41) is 0.118. The Kier molecular flexibility index (Phi) is 3.94. The fraction of sp³-hybridized carbons (Fsp3) is 0.250. The summed E-state index contributed by atoms with van der Waals surface area (Å²) >= 11 is 7.17. The third-order valence-electron chi connectivity index (χ3n) is 1.70. The van der Waals surface area contributed by atoms with Gasteiger partial charge in [-0.1, -0.05) is 18.5 Å². The molecule has 1 aromatic rings. The largest absolute Gasteiger partial charge is 0.391 e. The van der Waals surface area contributed by atoms with Crippen molar-refractivity contribution < 1.29 is 7.86 Å². The molecule has 0 amide bonds. The van der Waals surface area contributed by atoms with E-state index in [1.165, 1.54) is 23.0 Å². The summed E-state index contributed by atoms with van der Waals surface area (Å²) in [7, 11) is 0. The number of aryl methyl sites for hydroxylation is 1. The number of halogens is 2. The second-order valence-corrected chi connectivity index (χ2v) is 3.41. The second-order valence-electron chi connectivity index (χ2n) is 2.56. The summed E-state index contributed by atoms with van der Waals surface area (Å²) in [6.45, 7) is 1.87. The molecule has 4 nitrogen and oxygen atoms in total. The van der Waals surface area contributed by atoms with Gasteiger partial charge in [0.05, 0.1) is 5.02 Å². The van der Waals surface area contributed by atoms with Gasteiger partial charge in [-0.05, 0) is 12.5 Å². The molecule has 0 aliphatic heterocycles. The molecule has 0 spiro atoms. The van der Waals surface area contributed by atoms with E-state index in [4.69, 9.17) is 11.6 Å². The highest BCUT2D eigenvalue weighted by atomic mass is 127. The van der Waals surface area contributed by atoms with Crippen molar-refractivity contribution in [2.75, 3.05) is 0 Å². The van der Waals surface area contributed by atoms with Crippen LogP contribution in [0.25, 0.3) is 0 Å². The van der Waals surface area contributed by atoms with E-state index < -0.39 is 11.5 Å². The SMILES string of the molecule is CCc1cc(Cl)c(C(=O)OI)c(=O)[nH]1. The monoisotopic (exact) mass is 327 g/mol. The molecular weight excluding hydrogens is 320 g/mol. The molecule has 0 aliphatic carbocycles. The molecule has 0 aromatic carbocycles. The third-order valence-corrected chi connectivity index (χ3v) is 2.39. The molecule has 0 bridgehead atoms. The molecule has 0 fully saturated rings. The summed E-state index contributed by atoms with van der Waals surface area (Å²) in [6.07, 6.45) is 0.647. The smallest absolute Gasteiger partial charge is 0.354 e. The Bertz CT molecular complexity index is 416. The van der Waals surface area contributed by atoms with Gasteiger partial charge in [0.1, 0.15) is 5.56 Å². The summed E-state index contributed by atoms with van der Waals surface area (Å²) in [6, 6.07) is 1.55. The van der Waals surface area contributed by atoms with Gasteiger partial charge in [-0.2, -0.15) is 0 Å². The molecule has 1 heterocycles. The maximum Gasteiger partial charge on any atom is 0.354 e. The van der Waals surface area contributed by atoms with Crippen LogP contribution >= 0.6 is 34.6 Å². The molecule has 0 atom stereocenters. The normalized spacial score (nSPS) is 9.93. The molecule has 0 aliphatic rings. The van der Waals surface area contributed by atoms with Crippen molar-refractivity contribution in [3.63, 3.8) is 0 Å². The summed E-state index contributed by atoms with van der Waals surface area (Å²) in [5.41, 5.74) is 0.0132. The van der Waals surface area contributed by atoms with Crippen molar-refractivity contribution in [3.05, 3.63) is 32.7 Å². The number of rotatable bonds is 2. The lowest BCUT2D eigenvalue weighted by Crippen LogP contribution is -2.19. The molecular formula is C8H7ClINO3. The summed E-state index contributed by atoms with van der Waals surface area (Å²) in [5.74, 6) is -0.737. The summed E-state index contributed by atoms with van der Waals surface area (Å²) < 4.78 is 4.40. The minimum absolute atomic E-state index is 0.118. The van der Waals surface area contributed by atoms with Crippen molar-refractivity contribution in [1.29, 1.82) is 0 Å². The van der Waals surface area contributed by atoms with Crippen molar-refractivity contribution in [2.45, 2.75) is 13.3 Å². The van der Waals surface area contributed by atoms with Gasteiger partial charge in [-0.3, -0.25) is 4.79 Å². The molecule has 0 radical (unpaired) electrons. The zero-order valence-corrected chi connectivity index (χ0v) is 10.2. The van der Waals surface area contributed by atoms with Crippen LogP contribution in [0.3, 0.4) is 0 Å². The van der Waals surface area contributed by atoms with Crippen LogP contribution in [-0.2, 0) is 9.49 Å².